The molecule has 0 spiro atoms. The number of benzene rings is 3. The number of halogens is 1. The average Bonchev–Trinajstić information content (AvgIpc) is 3.24. The predicted octanol–water partition coefficient (Wildman–Crippen LogP) is 8.58. The second kappa shape index (κ2) is 9.59. The lowest BCUT2D eigenvalue weighted by Crippen LogP contribution is -2.04. The summed E-state index contributed by atoms with van der Waals surface area (Å²) in [5.74, 6) is 1.92. The SMILES string of the molecule is C=C1C=C(C)c2ccc3oc(C(=O)c4cccc(OCCCC)c4)c(-c4cccc(Br)c4)c3c2O1. The van der Waals surface area contributed by atoms with Crippen molar-refractivity contribution in [2.45, 2.75) is 26.7 Å². The summed E-state index contributed by atoms with van der Waals surface area (Å²) in [6.45, 7) is 8.75. The lowest BCUT2D eigenvalue weighted by Gasteiger charge is -2.19. The molecule has 2 heterocycles. The zero-order valence-corrected chi connectivity index (χ0v) is 21.3. The number of carbonyl (C=O) groups excluding carboxylic acids is 1. The molecule has 1 aliphatic heterocycles. The smallest absolute Gasteiger partial charge is 0.229 e. The number of hydrogen-bond acceptors (Lipinski definition) is 4. The van der Waals surface area contributed by atoms with E-state index in [1.807, 2.05) is 61.5 Å². The van der Waals surface area contributed by atoms with Crippen LogP contribution in [0.15, 0.2) is 88.0 Å². The molecule has 0 unspecified atom stereocenters. The van der Waals surface area contributed by atoms with Gasteiger partial charge >= 0.3 is 0 Å². The standard InChI is InChI=1S/C30H25BrO4/c1-4-5-14-33-23-11-7-9-21(17-23)28(32)30-26(20-8-6-10-22(31)16-20)27-25(35-30)13-12-24-18(2)15-19(3)34-29(24)27/h6-13,15-17H,3-5,14H2,1-2H3. The molecule has 0 saturated heterocycles. The van der Waals surface area contributed by atoms with Crippen molar-refractivity contribution >= 4 is 38.3 Å². The number of fused-ring (bicyclic) bond motifs is 3. The molecule has 0 aliphatic carbocycles. The van der Waals surface area contributed by atoms with E-state index in [1.165, 1.54) is 0 Å². The van der Waals surface area contributed by atoms with Crippen molar-refractivity contribution in [3.63, 3.8) is 0 Å². The summed E-state index contributed by atoms with van der Waals surface area (Å²) in [6.07, 6.45) is 3.91. The molecule has 5 heteroatoms. The molecular formula is C30H25BrO4. The molecule has 176 valence electrons. The highest BCUT2D eigenvalue weighted by Gasteiger charge is 2.28. The summed E-state index contributed by atoms with van der Waals surface area (Å²) in [5, 5.41) is 0.757. The summed E-state index contributed by atoms with van der Waals surface area (Å²) in [6, 6.07) is 18.9. The summed E-state index contributed by atoms with van der Waals surface area (Å²) >= 11 is 3.57. The van der Waals surface area contributed by atoms with Gasteiger partial charge in [0.1, 0.15) is 22.8 Å². The van der Waals surface area contributed by atoms with Crippen LogP contribution in [0.3, 0.4) is 0 Å². The predicted molar refractivity (Wildman–Crippen MR) is 143 cm³/mol. The molecule has 1 aliphatic rings. The molecule has 0 atom stereocenters. The van der Waals surface area contributed by atoms with Crippen molar-refractivity contribution in [1.82, 2.24) is 0 Å². The third-order valence-corrected chi connectivity index (χ3v) is 6.52. The fourth-order valence-electron chi connectivity index (χ4n) is 4.33. The Labute approximate surface area is 213 Å². The van der Waals surface area contributed by atoms with Crippen LogP contribution in [0.5, 0.6) is 11.5 Å². The van der Waals surface area contributed by atoms with Crippen LogP contribution >= 0.6 is 15.9 Å². The van der Waals surface area contributed by atoms with E-state index in [-0.39, 0.29) is 11.5 Å². The summed E-state index contributed by atoms with van der Waals surface area (Å²) < 4.78 is 19.1. The van der Waals surface area contributed by atoms with Crippen LogP contribution < -0.4 is 9.47 Å². The van der Waals surface area contributed by atoms with Gasteiger partial charge in [0.25, 0.3) is 0 Å². The minimum atomic E-state index is -0.215. The van der Waals surface area contributed by atoms with Crippen molar-refractivity contribution < 1.29 is 18.7 Å². The first kappa shape index (κ1) is 23.2. The van der Waals surface area contributed by atoms with Crippen LogP contribution in [0.2, 0.25) is 0 Å². The van der Waals surface area contributed by atoms with E-state index >= 15 is 0 Å². The van der Waals surface area contributed by atoms with Gasteiger partial charge in [0, 0.05) is 21.2 Å². The molecule has 0 N–H and O–H groups in total. The molecule has 4 aromatic rings. The Morgan fingerprint density at radius 2 is 1.91 bits per heavy atom. The highest BCUT2D eigenvalue weighted by molar-refractivity contribution is 9.10. The van der Waals surface area contributed by atoms with Gasteiger partial charge in [0.15, 0.2) is 5.76 Å². The number of unbranched alkanes of at least 4 members (excludes halogenated alkanes) is 1. The zero-order valence-electron chi connectivity index (χ0n) is 19.7. The van der Waals surface area contributed by atoms with E-state index in [0.717, 1.165) is 39.4 Å². The van der Waals surface area contributed by atoms with Gasteiger partial charge < -0.3 is 13.9 Å². The van der Waals surface area contributed by atoms with E-state index in [9.17, 15) is 4.79 Å². The first-order valence-corrected chi connectivity index (χ1v) is 12.4. The third kappa shape index (κ3) is 4.44. The van der Waals surface area contributed by atoms with Crippen LogP contribution in [-0.4, -0.2) is 12.4 Å². The number of hydrogen-bond donors (Lipinski definition) is 0. The van der Waals surface area contributed by atoms with Crippen LogP contribution in [0.4, 0.5) is 0 Å². The Balaban J connectivity index is 1.71. The highest BCUT2D eigenvalue weighted by atomic mass is 79.9. The van der Waals surface area contributed by atoms with Crippen LogP contribution in [0.1, 0.15) is 48.4 Å². The molecule has 0 fully saturated rings. The first-order chi connectivity index (χ1) is 17.0. The molecule has 1 aromatic heterocycles. The molecule has 3 aromatic carbocycles. The van der Waals surface area contributed by atoms with Crippen molar-refractivity contribution in [2.24, 2.45) is 0 Å². The van der Waals surface area contributed by atoms with Gasteiger partial charge in [0.05, 0.1) is 12.0 Å². The number of carbonyl (C=O) groups is 1. The topological polar surface area (TPSA) is 48.7 Å². The Morgan fingerprint density at radius 1 is 1.09 bits per heavy atom. The highest BCUT2D eigenvalue weighted by Crippen LogP contribution is 2.46. The van der Waals surface area contributed by atoms with Gasteiger partial charge in [0.2, 0.25) is 5.78 Å². The van der Waals surface area contributed by atoms with Crippen LogP contribution in [-0.2, 0) is 0 Å². The summed E-state index contributed by atoms with van der Waals surface area (Å²) in [7, 11) is 0. The van der Waals surface area contributed by atoms with E-state index in [4.69, 9.17) is 13.9 Å². The van der Waals surface area contributed by atoms with Gasteiger partial charge in [-0.25, -0.2) is 0 Å². The van der Waals surface area contributed by atoms with E-state index in [0.29, 0.717) is 40.6 Å². The maximum atomic E-state index is 13.8. The lowest BCUT2D eigenvalue weighted by atomic mass is 9.94. The fraction of sp³-hybridized carbons (Fsp3) is 0.167. The van der Waals surface area contributed by atoms with Crippen molar-refractivity contribution in [2.75, 3.05) is 6.61 Å². The molecule has 0 saturated carbocycles. The Kier molecular flexibility index (Phi) is 6.35. The maximum Gasteiger partial charge on any atom is 0.229 e. The first-order valence-electron chi connectivity index (χ1n) is 11.6. The molecular weight excluding hydrogens is 504 g/mol. The summed E-state index contributed by atoms with van der Waals surface area (Å²) in [4.78, 5) is 13.8. The molecule has 0 radical (unpaired) electrons. The fourth-order valence-corrected chi connectivity index (χ4v) is 4.73. The molecule has 35 heavy (non-hydrogen) atoms. The van der Waals surface area contributed by atoms with Crippen LogP contribution in [0, 0.1) is 0 Å². The number of ether oxygens (including phenoxy) is 2. The Bertz CT molecular complexity index is 1490. The van der Waals surface area contributed by atoms with E-state index < -0.39 is 0 Å². The van der Waals surface area contributed by atoms with E-state index in [1.54, 1.807) is 12.1 Å². The van der Waals surface area contributed by atoms with Crippen molar-refractivity contribution in [1.29, 1.82) is 0 Å². The summed E-state index contributed by atoms with van der Waals surface area (Å²) in [5.41, 5.74) is 4.63. The van der Waals surface area contributed by atoms with Gasteiger partial charge in [-0.15, -0.1) is 0 Å². The number of rotatable bonds is 7. The van der Waals surface area contributed by atoms with Gasteiger partial charge in [-0.05, 0) is 67.0 Å². The molecule has 0 amide bonds. The van der Waals surface area contributed by atoms with Gasteiger partial charge in [-0.1, -0.05) is 60.1 Å². The average molecular weight is 529 g/mol. The quantitative estimate of drug-likeness (QED) is 0.178. The largest absolute Gasteiger partial charge is 0.494 e. The Hall–Kier alpha value is -3.57. The monoisotopic (exact) mass is 528 g/mol. The second-order valence-electron chi connectivity index (χ2n) is 8.59. The number of ketones is 1. The number of allylic oxidation sites excluding steroid dienone is 2. The van der Waals surface area contributed by atoms with E-state index in [2.05, 4.69) is 29.4 Å². The minimum absolute atomic E-state index is 0.215. The minimum Gasteiger partial charge on any atom is -0.494 e. The number of furan rings is 1. The molecule has 0 bridgehead atoms. The normalized spacial score (nSPS) is 12.8. The second-order valence-corrected chi connectivity index (χ2v) is 9.50. The third-order valence-electron chi connectivity index (χ3n) is 6.03. The maximum absolute atomic E-state index is 13.8. The van der Waals surface area contributed by atoms with Gasteiger partial charge in [-0.3, -0.25) is 4.79 Å². The Morgan fingerprint density at radius 3 is 2.71 bits per heavy atom. The lowest BCUT2D eigenvalue weighted by molar-refractivity contribution is 0.101. The zero-order chi connectivity index (χ0) is 24.5. The molecule has 4 nitrogen and oxygen atoms in total. The van der Waals surface area contributed by atoms with Crippen molar-refractivity contribution in [3.05, 3.63) is 100 Å². The van der Waals surface area contributed by atoms with Gasteiger partial charge in [-0.2, -0.15) is 0 Å². The van der Waals surface area contributed by atoms with Crippen molar-refractivity contribution in [3.8, 4) is 22.6 Å². The van der Waals surface area contributed by atoms with Crippen LogP contribution in [0.25, 0.3) is 27.7 Å². The molecule has 5 rings (SSSR count).